The average Bonchev–Trinajstić information content (AvgIpc) is 4.04. The molecule has 66 heavy (non-hydrogen) atoms. The Morgan fingerprint density at radius 1 is 0.242 bits per heavy atom. The summed E-state index contributed by atoms with van der Waals surface area (Å²) in [5.41, 5.74) is 26.0. The van der Waals surface area contributed by atoms with Gasteiger partial charge in [-0.15, -0.1) is 0 Å². The molecule has 0 aliphatic heterocycles. The predicted molar refractivity (Wildman–Crippen MR) is 272 cm³/mol. The smallest absolute Gasteiger partial charge is 0.0726 e. The Hall–Kier alpha value is -8.00. The van der Waals surface area contributed by atoms with Crippen LogP contribution in [0.15, 0.2) is 237 Å². The molecule has 0 radical (unpaired) electrons. The van der Waals surface area contributed by atoms with Crippen molar-refractivity contribution < 1.29 is 0 Å². The van der Waals surface area contributed by atoms with Crippen LogP contribution in [0.2, 0.25) is 0 Å². The zero-order valence-corrected chi connectivity index (χ0v) is 37.0. The summed E-state index contributed by atoms with van der Waals surface area (Å²) in [4.78, 5) is 2.55. The second-order valence-electron chi connectivity index (χ2n) is 19.0. The van der Waals surface area contributed by atoms with E-state index in [9.17, 15) is 0 Å². The Balaban J connectivity index is 1.04. The van der Waals surface area contributed by atoms with E-state index >= 15 is 0 Å². The summed E-state index contributed by atoms with van der Waals surface area (Å²) < 4.78 is 0. The van der Waals surface area contributed by atoms with E-state index in [4.69, 9.17) is 0 Å². The van der Waals surface area contributed by atoms with Crippen LogP contribution in [0, 0.1) is 0 Å². The van der Waals surface area contributed by atoms with Gasteiger partial charge in [0.2, 0.25) is 0 Å². The molecule has 2 unspecified atom stereocenters. The predicted octanol–water partition coefficient (Wildman–Crippen LogP) is 16.2. The van der Waals surface area contributed by atoms with Gasteiger partial charge in [0.15, 0.2) is 0 Å². The Bertz CT molecular complexity index is 3430. The average molecular weight is 840 g/mol. The van der Waals surface area contributed by atoms with E-state index in [1.807, 2.05) is 0 Å². The minimum absolute atomic E-state index is 0.346. The fourth-order valence-corrected chi connectivity index (χ4v) is 13.1. The highest BCUT2D eigenvalue weighted by molar-refractivity contribution is 5.97. The van der Waals surface area contributed by atoms with E-state index in [0.29, 0.717) is 0 Å². The number of nitrogens with zero attached hydrogens (tertiary/aromatic N) is 1. The summed E-state index contributed by atoms with van der Waals surface area (Å²) in [6.07, 6.45) is 0. The van der Waals surface area contributed by atoms with E-state index < -0.39 is 5.41 Å². The summed E-state index contributed by atoms with van der Waals surface area (Å²) in [7, 11) is 0. The Labute approximate surface area is 387 Å². The van der Waals surface area contributed by atoms with E-state index in [-0.39, 0.29) is 10.8 Å². The van der Waals surface area contributed by atoms with Crippen molar-refractivity contribution in [3.8, 4) is 44.5 Å². The summed E-state index contributed by atoms with van der Waals surface area (Å²) >= 11 is 0. The maximum atomic E-state index is 2.55. The highest BCUT2D eigenvalue weighted by Gasteiger charge is 2.52. The van der Waals surface area contributed by atoms with Gasteiger partial charge in [-0.2, -0.15) is 0 Å². The summed E-state index contributed by atoms with van der Waals surface area (Å²) in [6, 6.07) is 89.4. The Kier molecular flexibility index (Phi) is 7.66. The summed E-state index contributed by atoms with van der Waals surface area (Å²) in [6.45, 7) is 4.84. The highest BCUT2D eigenvalue weighted by Crippen LogP contribution is 2.64. The Morgan fingerprint density at radius 2 is 0.515 bits per heavy atom. The first kappa shape index (κ1) is 37.4. The first-order chi connectivity index (χ1) is 32.5. The van der Waals surface area contributed by atoms with Crippen molar-refractivity contribution in [2.45, 2.75) is 30.1 Å². The fourth-order valence-electron chi connectivity index (χ4n) is 13.1. The van der Waals surface area contributed by atoms with Gasteiger partial charge in [0.1, 0.15) is 0 Å². The minimum atomic E-state index is -0.461. The molecule has 0 amide bonds. The van der Waals surface area contributed by atoms with E-state index in [2.05, 4.69) is 255 Å². The van der Waals surface area contributed by atoms with Crippen LogP contribution in [0.25, 0.3) is 44.5 Å². The number of fused-ring (bicyclic) bond motifs is 16. The van der Waals surface area contributed by atoms with E-state index in [0.717, 1.165) is 17.1 Å². The third-order valence-electron chi connectivity index (χ3n) is 16.1. The maximum absolute atomic E-state index is 2.55. The van der Waals surface area contributed by atoms with Crippen molar-refractivity contribution >= 4 is 17.1 Å². The van der Waals surface area contributed by atoms with Gasteiger partial charge in [-0.25, -0.2) is 0 Å². The summed E-state index contributed by atoms with van der Waals surface area (Å²) in [5.74, 6) is 0. The van der Waals surface area contributed by atoms with Crippen molar-refractivity contribution in [3.63, 3.8) is 0 Å². The molecule has 4 aliphatic rings. The number of benzene rings is 10. The van der Waals surface area contributed by atoms with Crippen molar-refractivity contribution in [2.75, 3.05) is 4.90 Å². The molecule has 1 spiro atoms. The van der Waals surface area contributed by atoms with Gasteiger partial charge in [-0.05, 0) is 150 Å². The topological polar surface area (TPSA) is 3.24 Å². The molecule has 10 aromatic rings. The first-order valence-corrected chi connectivity index (χ1v) is 23.3. The standard InChI is InChI=1S/C65H45N/c1-63(42-19-5-3-6-20-42)55-28-14-9-23-47(55)52-36-33-44(39-60(52)63)66(45-34-37-53-48-24-10-15-29-56(48)64(2,61(53)40-45)43-21-7-4-8-22-43)46-35-38-54-51-27-13-18-32-59(51)65(62(54)41-46)57-30-16-11-25-49(57)50-26-12-17-31-58(50)65/h3-41H,1-2H3. The van der Waals surface area contributed by atoms with Crippen LogP contribution in [0.5, 0.6) is 0 Å². The van der Waals surface area contributed by atoms with E-state index in [1.54, 1.807) is 0 Å². The van der Waals surface area contributed by atoms with Crippen molar-refractivity contribution in [3.05, 3.63) is 292 Å². The second-order valence-corrected chi connectivity index (χ2v) is 19.0. The molecule has 1 heteroatoms. The lowest BCUT2D eigenvalue weighted by atomic mass is 9.70. The van der Waals surface area contributed by atoms with Crippen LogP contribution >= 0.6 is 0 Å². The highest BCUT2D eigenvalue weighted by atomic mass is 15.1. The fraction of sp³-hybridized carbons (Fsp3) is 0.0769. The molecule has 0 saturated heterocycles. The molecule has 0 bridgehead atoms. The molecular weight excluding hydrogens is 795 g/mol. The molecule has 0 N–H and O–H groups in total. The van der Waals surface area contributed by atoms with Crippen molar-refractivity contribution in [1.82, 2.24) is 0 Å². The third kappa shape index (κ3) is 4.69. The Morgan fingerprint density at radius 3 is 0.894 bits per heavy atom. The summed E-state index contributed by atoms with van der Waals surface area (Å²) in [5, 5.41) is 0. The zero-order valence-electron chi connectivity index (χ0n) is 37.0. The van der Waals surface area contributed by atoms with Crippen LogP contribution in [-0.4, -0.2) is 0 Å². The van der Waals surface area contributed by atoms with Crippen LogP contribution in [-0.2, 0) is 16.2 Å². The molecule has 14 rings (SSSR count). The second kappa shape index (κ2) is 13.5. The lowest BCUT2D eigenvalue weighted by Gasteiger charge is -2.34. The molecule has 4 aliphatic carbocycles. The number of rotatable bonds is 5. The molecule has 0 heterocycles. The van der Waals surface area contributed by atoms with Gasteiger partial charge in [0.25, 0.3) is 0 Å². The van der Waals surface area contributed by atoms with Crippen LogP contribution in [0.4, 0.5) is 17.1 Å². The van der Waals surface area contributed by atoms with Crippen molar-refractivity contribution in [1.29, 1.82) is 0 Å². The quantitative estimate of drug-likeness (QED) is 0.167. The van der Waals surface area contributed by atoms with Gasteiger partial charge in [0, 0.05) is 27.9 Å². The molecular formula is C65H45N. The van der Waals surface area contributed by atoms with Gasteiger partial charge >= 0.3 is 0 Å². The molecule has 1 nitrogen and oxygen atoms in total. The monoisotopic (exact) mass is 839 g/mol. The number of hydrogen-bond acceptors (Lipinski definition) is 1. The third-order valence-corrected chi connectivity index (χ3v) is 16.1. The number of hydrogen-bond donors (Lipinski definition) is 0. The first-order valence-electron chi connectivity index (χ1n) is 23.3. The molecule has 2 atom stereocenters. The largest absolute Gasteiger partial charge is 0.310 e. The van der Waals surface area contributed by atoms with Crippen LogP contribution in [0.3, 0.4) is 0 Å². The van der Waals surface area contributed by atoms with E-state index in [1.165, 1.54) is 100 Å². The lowest BCUT2D eigenvalue weighted by molar-refractivity contribution is 0.713. The molecule has 310 valence electrons. The van der Waals surface area contributed by atoms with Gasteiger partial charge in [0.05, 0.1) is 5.41 Å². The number of anilines is 3. The molecule has 0 fully saturated rings. The molecule has 0 aromatic heterocycles. The van der Waals surface area contributed by atoms with Gasteiger partial charge in [-0.3, -0.25) is 0 Å². The maximum Gasteiger partial charge on any atom is 0.0726 e. The minimum Gasteiger partial charge on any atom is -0.310 e. The van der Waals surface area contributed by atoms with Gasteiger partial charge < -0.3 is 4.90 Å². The molecule has 0 saturated carbocycles. The zero-order chi connectivity index (χ0) is 43.8. The van der Waals surface area contributed by atoms with Crippen molar-refractivity contribution in [2.24, 2.45) is 0 Å². The molecule has 10 aromatic carbocycles. The lowest BCUT2D eigenvalue weighted by Crippen LogP contribution is -2.26. The van der Waals surface area contributed by atoms with Crippen LogP contribution in [0.1, 0.15) is 69.5 Å². The van der Waals surface area contributed by atoms with Gasteiger partial charge in [-0.1, -0.05) is 200 Å². The SMILES string of the molecule is CC1(c2ccccc2)c2ccccc2-c2ccc(N(c3ccc4c(c3)C(C)(c3ccccc3)c3ccccc3-4)c3ccc4c(c3)C3(c5ccccc5-c5ccccc53)c3ccccc3-4)cc21. The van der Waals surface area contributed by atoms with Crippen LogP contribution < -0.4 is 4.90 Å². The normalized spacial score (nSPS) is 18.1.